The Hall–Kier alpha value is -2.83. The van der Waals surface area contributed by atoms with Crippen LogP contribution >= 0.6 is 0 Å². The second-order valence-corrected chi connectivity index (χ2v) is 7.62. The minimum atomic E-state index is -0.0878. The maximum atomic E-state index is 12.8. The molecule has 1 saturated heterocycles. The Morgan fingerprint density at radius 3 is 2.43 bits per heavy atom. The molecule has 3 rings (SSSR count). The highest BCUT2D eigenvalue weighted by atomic mass is 16.2. The summed E-state index contributed by atoms with van der Waals surface area (Å²) in [6.45, 7) is 6.70. The topological polar surface area (TPSA) is 85.5 Å². The van der Waals surface area contributed by atoms with Crippen LogP contribution in [-0.4, -0.2) is 65.2 Å². The molecule has 0 saturated carbocycles. The molecule has 0 unspecified atom stereocenters. The number of aromatic amines is 1. The third kappa shape index (κ3) is 4.71. The number of para-hydroxylation sites is 1. The molecule has 0 radical (unpaired) electrons. The second kappa shape index (κ2) is 8.91. The number of nitrogens with zero attached hydrogens (tertiary/aromatic N) is 2. The fourth-order valence-corrected chi connectivity index (χ4v) is 3.36. The molecule has 2 aromatic rings. The molecule has 1 fully saturated rings. The van der Waals surface area contributed by atoms with Crippen LogP contribution in [0.3, 0.4) is 0 Å². The van der Waals surface area contributed by atoms with E-state index >= 15 is 0 Å². The van der Waals surface area contributed by atoms with E-state index in [1.54, 1.807) is 16.0 Å². The lowest BCUT2D eigenvalue weighted by Crippen LogP contribution is -2.50. The largest absolute Gasteiger partial charge is 0.360 e. The molecule has 2 heterocycles. The second-order valence-electron chi connectivity index (χ2n) is 7.62. The molecule has 28 heavy (non-hydrogen) atoms. The number of carbonyl (C=O) groups excluding carboxylic acids is 3. The van der Waals surface area contributed by atoms with Crippen molar-refractivity contribution in [3.8, 4) is 0 Å². The van der Waals surface area contributed by atoms with E-state index in [0.717, 1.165) is 10.9 Å². The average molecular weight is 384 g/mol. The molecule has 0 spiro atoms. The molecular weight excluding hydrogens is 356 g/mol. The van der Waals surface area contributed by atoms with Crippen molar-refractivity contribution in [2.75, 3.05) is 32.7 Å². The predicted molar refractivity (Wildman–Crippen MR) is 108 cm³/mol. The number of amides is 3. The Bertz CT molecular complexity index is 850. The molecule has 0 atom stereocenters. The lowest BCUT2D eigenvalue weighted by Gasteiger charge is -2.34. The van der Waals surface area contributed by atoms with Crippen LogP contribution in [0.4, 0.5) is 0 Å². The van der Waals surface area contributed by atoms with Gasteiger partial charge in [0.1, 0.15) is 0 Å². The highest BCUT2D eigenvalue weighted by molar-refractivity contribution is 6.06. The molecule has 0 aliphatic carbocycles. The van der Waals surface area contributed by atoms with Crippen LogP contribution in [0, 0.1) is 5.92 Å². The third-order valence-corrected chi connectivity index (χ3v) is 5.01. The molecule has 7 nitrogen and oxygen atoms in total. The summed E-state index contributed by atoms with van der Waals surface area (Å²) in [4.78, 5) is 43.6. The van der Waals surface area contributed by atoms with Gasteiger partial charge in [0.25, 0.3) is 5.91 Å². The molecule has 1 aromatic heterocycles. The molecule has 2 N–H and O–H groups in total. The van der Waals surface area contributed by atoms with E-state index in [9.17, 15) is 14.4 Å². The van der Waals surface area contributed by atoms with Crippen LogP contribution in [0.25, 0.3) is 10.9 Å². The Labute approximate surface area is 165 Å². The fraction of sp³-hybridized carbons (Fsp3) is 0.476. The minimum absolute atomic E-state index is 0.0161. The molecule has 150 valence electrons. The predicted octanol–water partition coefficient (Wildman–Crippen LogP) is 2.00. The summed E-state index contributed by atoms with van der Waals surface area (Å²) in [6, 6.07) is 7.73. The molecule has 3 amide bonds. The summed E-state index contributed by atoms with van der Waals surface area (Å²) >= 11 is 0. The van der Waals surface area contributed by atoms with Crippen molar-refractivity contribution < 1.29 is 14.4 Å². The number of aromatic nitrogens is 1. The van der Waals surface area contributed by atoms with E-state index in [2.05, 4.69) is 10.3 Å². The van der Waals surface area contributed by atoms with E-state index in [0.29, 0.717) is 44.2 Å². The number of benzene rings is 1. The number of nitrogens with one attached hydrogen (secondary N) is 2. The molecule has 0 bridgehead atoms. The van der Waals surface area contributed by atoms with Crippen molar-refractivity contribution in [3.63, 3.8) is 0 Å². The Morgan fingerprint density at radius 2 is 1.71 bits per heavy atom. The Morgan fingerprint density at radius 1 is 1.04 bits per heavy atom. The zero-order valence-electron chi connectivity index (χ0n) is 16.5. The van der Waals surface area contributed by atoms with Gasteiger partial charge in [-0.1, -0.05) is 32.0 Å². The van der Waals surface area contributed by atoms with Gasteiger partial charge < -0.3 is 20.1 Å². The minimum Gasteiger partial charge on any atom is -0.360 e. The van der Waals surface area contributed by atoms with E-state index in [-0.39, 0.29) is 30.6 Å². The van der Waals surface area contributed by atoms with Gasteiger partial charge in [-0.2, -0.15) is 0 Å². The summed E-state index contributed by atoms with van der Waals surface area (Å²) in [7, 11) is 0. The van der Waals surface area contributed by atoms with Crippen molar-refractivity contribution in [1.29, 1.82) is 0 Å². The van der Waals surface area contributed by atoms with E-state index in [4.69, 9.17) is 0 Å². The first-order valence-corrected chi connectivity index (χ1v) is 9.85. The Kier molecular flexibility index (Phi) is 6.34. The van der Waals surface area contributed by atoms with E-state index in [1.807, 2.05) is 38.1 Å². The van der Waals surface area contributed by atoms with Crippen LogP contribution in [0.2, 0.25) is 0 Å². The summed E-state index contributed by atoms with van der Waals surface area (Å²) in [5.41, 5.74) is 1.60. The number of fused-ring (bicyclic) bond motifs is 1. The van der Waals surface area contributed by atoms with Crippen LogP contribution in [0.1, 0.15) is 37.0 Å². The van der Waals surface area contributed by atoms with Gasteiger partial charge in [0, 0.05) is 62.7 Å². The van der Waals surface area contributed by atoms with Gasteiger partial charge in [-0.05, 0) is 12.0 Å². The van der Waals surface area contributed by atoms with Gasteiger partial charge in [0.2, 0.25) is 11.8 Å². The monoisotopic (exact) mass is 384 g/mol. The maximum absolute atomic E-state index is 12.8. The van der Waals surface area contributed by atoms with Gasteiger partial charge in [-0.15, -0.1) is 0 Å². The van der Waals surface area contributed by atoms with Gasteiger partial charge in [0.05, 0.1) is 5.56 Å². The quantitative estimate of drug-likeness (QED) is 0.799. The molecule has 7 heteroatoms. The summed E-state index contributed by atoms with van der Waals surface area (Å²) in [6.07, 6.45) is 2.17. The number of H-pyrrole nitrogens is 1. The first-order valence-electron chi connectivity index (χ1n) is 9.85. The molecule has 1 aliphatic rings. The molecule has 1 aliphatic heterocycles. The summed E-state index contributed by atoms with van der Waals surface area (Å²) < 4.78 is 0. The highest BCUT2D eigenvalue weighted by Gasteiger charge is 2.26. The SMILES string of the molecule is CC(C)CNC(=O)CCC(=O)N1CCN(C(=O)c2c[nH]c3ccccc23)CC1. The first-order chi connectivity index (χ1) is 13.5. The lowest BCUT2D eigenvalue weighted by molar-refractivity contribution is -0.134. The number of hydrogen-bond acceptors (Lipinski definition) is 3. The average Bonchev–Trinajstić information content (AvgIpc) is 3.14. The van der Waals surface area contributed by atoms with Gasteiger partial charge in [-0.25, -0.2) is 0 Å². The van der Waals surface area contributed by atoms with E-state index in [1.165, 1.54) is 0 Å². The van der Waals surface area contributed by atoms with Crippen molar-refractivity contribution >= 4 is 28.6 Å². The number of carbonyl (C=O) groups is 3. The number of rotatable bonds is 6. The number of hydrogen-bond donors (Lipinski definition) is 2. The summed E-state index contributed by atoms with van der Waals surface area (Å²) in [5.74, 6) is 0.258. The molecular formula is C21H28N4O3. The van der Waals surface area contributed by atoms with Gasteiger partial charge in [0.15, 0.2) is 0 Å². The normalized spacial score (nSPS) is 14.5. The maximum Gasteiger partial charge on any atom is 0.256 e. The van der Waals surface area contributed by atoms with Crippen molar-refractivity contribution in [3.05, 3.63) is 36.0 Å². The van der Waals surface area contributed by atoms with Crippen molar-refractivity contribution in [2.45, 2.75) is 26.7 Å². The summed E-state index contributed by atoms with van der Waals surface area (Å²) in [5, 5.41) is 3.74. The van der Waals surface area contributed by atoms with Gasteiger partial charge >= 0.3 is 0 Å². The Balaban J connectivity index is 1.48. The van der Waals surface area contributed by atoms with E-state index < -0.39 is 0 Å². The lowest BCUT2D eigenvalue weighted by atomic mass is 10.1. The first kappa shape index (κ1) is 19.9. The van der Waals surface area contributed by atoms with Crippen LogP contribution in [-0.2, 0) is 9.59 Å². The molecule has 1 aromatic carbocycles. The highest BCUT2D eigenvalue weighted by Crippen LogP contribution is 2.20. The number of piperazine rings is 1. The standard InChI is InChI=1S/C21H28N4O3/c1-15(2)13-23-19(26)7-8-20(27)24-9-11-25(12-10-24)21(28)17-14-22-18-6-4-3-5-16(17)18/h3-6,14-15,22H,7-13H2,1-2H3,(H,23,26). The van der Waals surface area contributed by atoms with Crippen LogP contribution in [0.15, 0.2) is 30.5 Å². The van der Waals surface area contributed by atoms with Crippen LogP contribution < -0.4 is 5.32 Å². The third-order valence-electron chi connectivity index (χ3n) is 5.01. The van der Waals surface area contributed by atoms with Crippen molar-refractivity contribution in [2.24, 2.45) is 5.92 Å². The van der Waals surface area contributed by atoms with Crippen molar-refractivity contribution in [1.82, 2.24) is 20.1 Å². The smallest absolute Gasteiger partial charge is 0.256 e. The van der Waals surface area contributed by atoms with Crippen LogP contribution in [0.5, 0.6) is 0 Å². The fourth-order valence-electron chi connectivity index (χ4n) is 3.36. The van der Waals surface area contributed by atoms with Gasteiger partial charge in [-0.3, -0.25) is 14.4 Å². The zero-order valence-corrected chi connectivity index (χ0v) is 16.5. The zero-order chi connectivity index (χ0) is 20.1.